The lowest BCUT2D eigenvalue weighted by Gasteiger charge is -1.99. The number of nitrogen functional groups attached to an aromatic ring is 1. The molecule has 3 aromatic rings. The maximum Gasteiger partial charge on any atom is 0.335 e. The van der Waals surface area contributed by atoms with Crippen molar-refractivity contribution in [2.75, 3.05) is 5.73 Å². The van der Waals surface area contributed by atoms with E-state index < -0.39 is 5.97 Å². The van der Waals surface area contributed by atoms with Gasteiger partial charge < -0.3 is 15.3 Å². The highest BCUT2D eigenvalue weighted by Gasteiger charge is 2.07. The third-order valence-electron chi connectivity index (χ3n) is 2.96. The monoisotopic (exact) mass is 300 g/mol. The summed E-state index contributed by atoms with van der Waals surface area (Å²) in [5.74, 6) is -0.270. The van der Waals surface area contributed by atoms with Gasteiger partial charge in [0.2, 0.25) is 0 Å². The summed E-state index contributed by atoms with van der Waals surface area (Å²) in [6.45, 7) is 0. The molecule has 2 aromatic carbocycles. The van der Waals surface area contributed by atoms with E-state index in [1.807, 2.05) is 6.07 Å². The van der Waals surface area contributed by atoms with Crippen molar-refractivity contribution in [1.82, 2.24) is 4.98 Å². The highest BCUT2D eigenvalue weighted by molar-refractivity contribution is 7.98. The molecular formula is C15H12N2O3S. The highest BCUT2D eigenvalue weighted by Crippen LogP contribution is 2.27. The minimum atomic E-state index is -0.925. The van der Waals surface area contributed by atoms with Gasteiger partial charge in [-0.1, -0.05) is 23.9 Å². The van der Waals surface area contributed by atoms with E-state index in [4.69, 9.17) is 15.3 Å². The number of nitrogens with two attached hydrogens (primary N) is 1. The zero-order chi connectivity index (χ0) is 14.8. The normalized spacial score (nSPS) is 10.9. The minimum Gasteiger partial charge on any atom is -0.478 e. The third-order valence-corrected chi connectivity index (χ3v) is 3.86. The van der Waals surface area contributed by atoms with Gasteiger partial charge in [-0.05, 0) is 29.8 Å². The Hall–Kier alpha value is -2.47. The van der Waals surface area contributed by atoms with Gasteiger partial charge in [0.05, 0.1) is 5.56 Å². The van der Waals surface area contributed by atoms with E-state index in [1.165, 1.54) is 11.8 Å². The summed E-state index contributed by atoms with van der Waals surface area (Å²) in [7, 11) is 0. The Bertz CT molecular complexity index is 796. The van der Waals surface area contributed by atoms with Gasteiger partial charge >= 0.3 is 5.97 Å². The Morgan fingerprint density at radius 3 is 2.71 bits per heavy atom. The summed E-state index contributed by atoms with van der Waals surface area (Å²) in [6, 6.07) is 12.1. The van der Waals surface area contributed by atoms with Gasteiger partial charge in [-0.15, -0.1) is 0 Å². The molecule has 0 saturated heterocycles. The van der Waals surface area contributed by atoms with Gasteiger partial charge in [0.15, 0.2) is 5.58 Å². The lowest BCUT2D eigenvalue weighted by Crippen LogP contribution is -1.95. The molecule has 0 bridgehead atoms. The summed E-state index contributed by atoms with van der Waals surface area (Å²) in [4.78, 5) is 15.1. The standard InChI is InChI=1S/C15H12N2O3S/c16-11-5-6-12-13(7-11)20-15(17-12)21-8-9-1-3-10(4-2-9)14(18)19/h1-7H,8,16H2,(H,18,19). The number of rotatable bonds is 4. The zero-order valence-electron chi connectivity index (χ0n) is 10.9. The van der Waals surface area contributed by atoms with Crippen LogP contribution in [0, 0.1) is 0 Å². The average molecular weight is 300 g/mol. The van der Waals surface area contributed by atoms with Gasteiger partial charge in [-0.25, -0.2) is 9.78 Å². The van der Waals surface area contributed by atoms with Gasteiger partial charge in [0, 0.05) is 17.5 Å². The lowest BCUT2D eigenvalue weighted by molar-refractivity contribution is 0.0697. The van der Waals surface area contributed by atoms with E-state index in [1.54, 1.807) is 36.4 Å². The maximum atomic E-state index is 10.8. The van der Waals surface area contributed by atoms with Crippen molar-refractivity contribution in [1.29, 1.82) is 0 Å². The van der Waals surface area contributed by atoms with Crippen LogP contribution in [0.4, 0.5) is 5.69 Å². The van der Waals surface area contributed by atoms with Crippen LogP contribution >= 0.6 is 11.8 Å². The quantitative estimate of drug-likeness (QED) is 0.567. The summed E-state index contributed by atoms with van der Waals surface area (Å²) in [5, 5.41) is 9.41. The fourth-order valence-corrected chi connectivity index (χ4v) is 2.66. The molecule has 3 rings (SSSR count). The van der Waals surface area contributed by atoms with Crippen LogP contribution in [0.15, 0.2) is 52.1 Å². The van der Waals surface area contributed by atoms with Crippen molar-refractivity contribution >= 4 is 34.5 Å². The Balaban J connectivity index is 1.72. The van der Waals surface area contributed by atoms with Crippen LogP contribution in [0.1, 0.15) is 15.9 Å². The second-order valence-electron chi connectivity index (χ2n) is 4.50. The van der Waals surface area contributed by atoms with Crippen LogP contribution < -0.4 is 5.73 Å². The van der Waals surface area contributed by atoms with Crippen molar-refractivity contribution in [3.63, 3.8) is 0 Å². The predicted octanol–water partition coefficient (Wildman–Crippen LogP) is 3.40. The van der Waals surface area contributed by atoms with Crippen LogP contribution in [0.5, 0.6) is 0 Å². The number of oxazole rings is 1. The number of aromatic nitrogens is 1. The molecule has 0 spiro atoms. The lowest BCUT2D eigenvalue weighted by atomic mass is 10.1. The van der Waals surface area contributed by atoms with Gasteiger partial charge in [0.1, 0.15) is 5.52 Å². The molecule has 0 saturated carbocycles. The summed E-state index contributed by atoms with van der Waals surface area (Å²) in [5.41, 5.74) is 9.05. The topological polar surface area (TPSA) is 89.3 Å². The third kappa shape index (κ3) is 3.00. The number of carboxylic acid groups (broad SMARTS) is 1. The Morgan fingerprint density at radius 2 is 2.00 bits per heavy atom. The molecule has 0 atom stereocenters. The number of hydrogen-bond acceptors (Lipinski definition) is 5. The SMILES string of the molecule is Nc1ccc2nc(SCc3ccc(C(=O)O)cc3)oc2c1. The molecule has 21 heavy (non-hydrogen) atoms. The molecule has 0 aliphatic carbocycles. The first-order chi connectivity index (χ1) is 10.1. The predicted molar refractivity (Wildman–Crippen MR) is 81.4 cm³/mol. The molecule has 1 heterocycles. The molecule has 3 N–H and O–H groups in total. The Morgan fingerprint density at radius 1 is 1.24 bits per heavy atom. The zero-order valence-corrected chi connectivity index (χ0v) is 11.8. The van der Waals surface area contributed by atoms with Gasteiger partial charge in [-0.3, -0.25) is 0 Å². The first-order valence-corrected chi connectivity index (χ1v) is 7.21. The molecule has 5 nitrogen and oxygen atoms in total. The average Bonchev–Trinajstić information content (AvgIpc) is 2.87. The van der Waals surface area contributed by atoms with Crippen LogP contribution in [0.2, 0.25) is 0 Å². The molecular weight excluding hydrogens is 288 g/mol. The fourth-order valence-electron chi connectivity index (χ4n) is 1.87. The van der Waals surface area contributed by atoms with Crippen LogP contribution in [0.25, 0.3) is 11.1 Å². The number of carbonyl (C=O) groups is 1. The number of hydrogen-bond donors (Lipinski definition) is 2. The largest absolute Gasteiger partial charge is 0.478 e. The molecule has 106 valence electrons. The van der Waals surface area contributed by atoms with E-state index in [0.29, 0.717) is 22.2 Å². The van der Waals surface area contributed by atoms with E-state index in [9.17, 15) is 4.79 Å². The highest BCUT2D eigenvalue weighted by atomic mass is 32.2. The van der Waals surface area contributed by atoms with Gasteiger partial charge in [-0.2, -0.15) is 0 Å². The van der Waals surface area contributed by atoms with E-state index in [2.05, 4.69) is 4.98 Å². The summed E-state index contributed by atoms with van der Waals surface area (Å²) in [6.07, 6.45) is 0. The minimum absolute atomic E-state index is 0.279. The first kappa shape index (κ1) is 13.5. The molecule has 0 unspecified atom stereocenters. The number of aromatic carboxylic acids is 1. The molecule has 0 radical (unpaired) electrons. The van der Waals surface area contributed by atoms with Crippen LogP contribution in [-0.4, -0.2) is 16.1 Å². The molecule has 0 aliphatic heterocycles. The van der Waals surface area contributed by atoms with Crippen molar-refractivity contribution in [2.45, 2.75) is 11.0 Å². The molecule has 0 aliphatic rings. The van der Waals surface area contributed by atoms with Crippen molar-refractivity contribution in [3.05, 3.63) is 53.6 Å². The summed E-state index contributed by atoms with van der Waals surface area (Å²) < 4.78 is 5.61. The summed E-state index contributed by atoms with van der Waals surface area (Å²) >= 11 is 1.45. The molecule has 0 fully saturated rings. The fraction of sp³-hybridized carbons (Fsp3) is 0.0667. The van der Waals surface area contributed by atoms with Crippen LogP contribution in [-0.2, 0) is 5.75 Å². The van der Waals surface area contributed by atoms with Crippen molar-refractivity contribution in [3.8, 4) is 0 Å². The smallest absolute Gasteiger partial charge is 0.335 e. The van der Waals surface area contributed by atoms with E-state index in [-0.39, 0.29) is 5.56 Å². The Labute approximate surface area is 124 Å². The number of anilines is 1. The molecule has 0 amide bonds. The second kappa shape index (κ2) is 5.49. The number of nitrogens with zero attached hydrogens (tertiary/aromatic N) is 1. The molecule has 1 aromatic heterocycles. The molecule has 6 heteroatoms. The second-order valence-corrected chi connectivity index (χ2v) is 5.42. The maximum absolute atomic E-state index is 10.8. The Kier molecular flexibility index (Phi) is 3.53. The van der Waals surface area contributed by atoms with E-state index in [0.717, 1.165) is 11.1 Å². The number of fused-ring (bicyclic) bond motifs is 1. The number of thioether (sulfide) groups is 1. The van der Waals surface area contributed by atoms with Crippen molar-refractivity contribution in [2.24, 2.45) is 0 Å². The van der Waals surface area contributed by atoms with Crippen molar-refractivity contribution < 1.29 is 14.3 Å². The number of benzene rings is 2. The van der Waals surface area contributed by atoms with Crippen LogP contribution in [0.3, 0.4) is 0 Å². The van der Waals surface area contributed by atoms with Gasteiger partial charge in [0.25, 0.3) is 5.22 Å². The number of carboxylic acids is 1. The van der Waals surface area contributed by atoms with E-state index >= 15 is 0 Å². The first-order valence-electron chi connectivity index (χ1n) is 6.23.